The summed E-state index contributed by atoms with van der Waals surface area (Å²) in [4.78, 5) is 0. The molecule has 1 aliphatic rings. The van der Waals surface area contributed by atoms with Gasteiger partial charge in [-0.2, -0.15) is 0 Å². The highest BCUT2D eigenvalue weighted by atomic mass is 14.3. The lowest BCUT2D eigenvalue weighted by Gasteiger charge is -2.28. The van der Waals surface area contributed by atoms with Crippen LogP contribution in [0.3, 0.4) is 0 Å². The Morgan fingerprint density at radius 2 is 2.18 bits per heavy atom. The Morgan fingerprint density at radius 1 is 1.55 bits per heavy atom. The number of rotatable bonds is 1. The summed E-state index contributed by atoms with van der Waals surface area (Å²) in [6.07, 6.45) is 6.37. The van der Waals surface area contributed by atoms with Gasteiger partial charge in [0.05, 0.1) is 0 Å². The zero-order valence-corrected chi connectivity index (χ0v) is 7.48. The van der Waals surface area contributed by atoms with Crippen molar-refractivity contribution in [3.63, 3.8) is 0 Å². The van der Waals surface area contributed by atoms with Gasteiger partial charge in [0.2, 0.25) is 0 Å². The molecule has 0 saturated heterocycles. The molecule has 0 amide bonds. The van der Waals surface area contributed by atoms with E-state index < -0.39 is 0 Å². The van der Waals surface area contributed by atoms with Crippen molar-refractivity contribution in [3.05, 3.63) is 36.5 Å². The predicted molar refractivity (Wildman–Crippen MR) is 50.4 cm³/mol. The fourth-order valence-electron chi connectivity index (χ4n) is 1.73. The van der Waals surface area contributed by atoms with E-state index >= 15 is 0 Å². The second-order valence-electron chi connectivity index (χ2n) is 4.02. The first-order valence-corrected chi connectivity index (χ1v) is 4.04. The fraction of sp³-hybridized carbons (Fsp3) is 0.455. The van der Waals surface area contributed by atoms with E-state index in [0.29, 0.717) is 5.41 Å². The van der Waals surface area contributed by atoms with Crippen LogP contribution in [0.5, 0.6) is 0 Å². The molecular weight excluding hydrogens is 132 g/mol. The molecule has 0 radical (unpaired) electrons. The molecule has 0 bridgehead atoms. The summed E-state index contributed by atoms with van der Waals surface area (Å²) in [5.41, 5.74) is 2.94. The van der Waals surface area contributed by atoms with Crippen LogP contribution >= 0.6 is 0 Å². The number of hydrogen-bond acceptors (Lipinski definition) is 0. The van der Waals surface area contributed by atoms with E-state index in [9.17, 15) is 0 Å². The van der Waals surface area contributed by atoms with Gasteiger partial charge in [-0.3, -0.25) is 0 Å². The van der Waals surface area contributed by atoms with E-state index in [1.807, 2.05) is 6.08 Å². The Hall–Kier alpha value is -0.780. The van der Waals surface area contributed by atoms with E-state index in [1.54, 1.807) is 0 Å². The molecule has 0 nitrogen and oxygen atoms in total. The van der Waals surface area contributed by atoms with Crippen molar-refractivity contribution in [3.8, 4) is 0 Å². The van der Waals surface area contributed by atoms with Crippen LogP contribution in [-0.4, -0.2) is 0 Å². The molecule has 0 aromatic rings. The van der Waals surface area contributed by atoms with Crippen molar-refractivity contribution in [1.29, 1.82) is 0 Å². The molecule has 0 N–H and O–H groups in total. The van der Waals surface area contributed by atoms with Gasteiger partial charge in [0.15, 0.2) is 0 Å². The zero-order valence-electron chi connectivity index (χ0n) is 7.48. The first kappa shape index (κ1) is 8.32. The second kappa shape index (κ2) is 2.69. The van der Waals surface area contributed by atoms with Crippen LogP contribution in [0.2, 0.25) is 0 Å². The van der Waals surface area contributed by atoms with Gasteiger partial charge in [0.1, 0.15) is 0 Å². The minimum Gasteiger partial charge on any atom is -0.0995 e. The van der Waals surface area contributed by atoms with E-state index in [4.69, 9.17) is 0 Å². The monoisotopic (exact) mass is 148 g/mol. The average molecular weight is 148 g/mol. The Kier molecular flexibility index (Phi) is 2.03. The van der Waals surface area contributed by atoms with Gasteiger partial charge in [0, 0.05) is 0 Å². The highest BCUT2D eigenvalue weighted by Crippen LogP contribution is 2.35. The Balaban J connectivity index is 2.90. The van der Waals surface area contributed by atoms with Gasteiger partial charge in [-0.05, 0) is 23.8 Å². The molecule has 0 unspecified atom stereocenters. The summed E-state index contributed by atoms with van der Waals surface area (Å²) in [5.74, 6) is 0. The molecule has 0 saturated carbocycles. The van der Waals surface area contributed by atoms with Crippen LogP contribution in [0.1, 0.15) is 26.7 Å². The van der Waals surface area contributed by atoms with Gasteiger partial charge in [-0.1, -0.05) is 44.7 Å². The quantitative estimate of drug-likeness (QED) is 0.499. The summed E-state index contributed by atoms with van der Waals surface area (Å²) < 4.78 is 0. The molecule has 1 aliphatic carbocycles. The third-order valence-corrected chi connectivity index (χ3v) is 2.00. The van der Waals surface area contributed by atoms with Crippen LogP contribution in [0.25, 0.3) is 0 Å². The van der Waals surface area contributed by atoms with E-state index in [2.05, 4.69) is 33.1 Å². The summed E-state index contributed by atoms with van der Waals surface area (Å²) in [6.45, 7) is 12.3. The molecule has 0 spiro atoms. The van der Waals surface area contributed by atoms with Gasteiger partial charge < -0.3 is 0 Å². The fourth-order valence-corrected chi connectivity index (χ4v) is 1.73. The van der Waals surface area contributed by atoms with Crippen LogP contribution in [0.4, 0.5) is 0 Å². The van der Waals surface area contributed by atoms with Gasteiger partial charge in [-0.15, -0.1) is 0 Å². The predicted octanol–water partition coefficient (Wildman–Crippen LogP) is 3.48. The molecule has 0 aliphatic heterocycles. The van der Waals surface area contributed by atoms with E-state index in [-0.39, 0.29) is 0 Å². The molecule has 0 heterocycles. The maximum atomic E-state index is 4.02. The molecule has 0 heteroatoms. The molecular formula is C11H16. The van der Waals surface area contributed by atoms with Crippen molar-refractivity contribution < 1.29 is 0 Å². The van der Waals surface area contributed by atoms with Gasteiger partial charge in [0.25, 0.3) is 0 Å². The van der Waals surface area contributed by atoms with Crippen LogP contribution in [-0.2, 0) is 0 Å². The lowest BCUT2D eigenvalue weighted by Crippen LogP contribution is -2.13. The van der Waals surface area contributed by atoms with Gasteiger partial charge >= 0.3 is 0 Å². The molecule has 1 rings (SSSR count). The zero-order chi connectivity index (χ0) is 8.48. The normalized spacial score (nSPS) is 22.7. The van der Waals surface area contributed by atoms with Crippen molar-refractivity contribution in [2.75, 3.05) is 0 Å². The standard InChI is InChI=1S/C11H16/c1-5-10-6-9(2)7-11(3,4)8-10/h5,8H,1-2,6-7H2,3-4H3. The third-order valence-electron chi connectivity index (χ3n) is 2.00. The topological polar surface area (TPSA) is 0 Å². The Labute approximate surface area is 69.3 Å². The van der Waals surface area contributed by atoms with Crippen molar-refractivity contribution in [2.24, 2.45) is 5.41 Å². The lowest BCUT2D eigenvalue weighted by molar-refractivity contribution is 0.455. The minimum absolute atomic E-state index is 0.291. The largest absolute Gasteiger partial charge is 0.0995 e. The highest BCUT2D eigenvalue weighted by molar-refractivity contribution is 5.30. The average Bonchev–Trinajstić information content (AvgIpc) is 1.83. The molecule has 0 fully saturated rings. The molecule has 11 heavy (non-hydrogen) atoms. The lowest BCUT2D eigenvalue weighted by atomic mass is 9.77. The summed E-state index contributed by atoms with van der Waals surface area (Å²) in [7, 11) is 0. The summed E-state index contributed by atoms with van der Waals surface area (Å²) >= 11 is 0. The summed E-state index contributed by atoms with van der Waals surface area (Å²) in [6, 6.07) is 0. The van der Waals surface area contributed by atoms with Crippen LogP contribution < -0.4 is 0 Å². The molecule has 0 aromatic heterocycles. The van der Waals surface area contributed by atoms with Gasteiger partial charge in [-0.25, -0.2) is 0 Å². The minimum atomic E-state index is 0.291. The molecule has 0 atom stereocenters. The number of hydrogen-bond donors (Lipinski definition) is 0. The smallest absolute Gasteiger partial charge is 0.00727 e. The summed E-state index contributed by atoms with van der Waals surface area (Å²) in [5, 5.41) is 0. The van der Waals surface area contributed by atoms with E-state index in [0.717, 1.165) is 12.8 Å². The maximum absolute atomic E-state index is 4.02. The molecule has 0 aromatic carbocycles. The van der Waals surface area contributed by atoms with Crippen molar-refractivity contribution >= 4 is 0 Å². The van der Waals surface area contributed by atoms with Crippen molar-refractivity contribution in [2.45, 2.75) is 26.7 Å². The highest BCUT2D eigenvalue weighted by Gasteiger charge is 2.21. The number of allylic oxidation sites excluding steroid dienone is 4. The first-order valence-electron chi connectivity index (χ1n) is 4.04. The molecule has 60 valence electrons. The SMILES string of the molecule is C=CC1=CC(C)(C)CC(=C)C1. The maximum Gasteiger partial charge on any atom is -0.00727 e. The van der Waals surface area contributed by atoms with Crippen LogP contribution in [0, 0.1) is 5.41 Å². The van der Waals surface area contributed by atoms with E-state index in [1.165, 1.54) is 11.1 Å². The Bertz CT molecular complexity index is 216. The first-order chi connectivity index (χ1) is 5.03. The third kappa shape index (κ3) is 2.07. The van der Waals surface area contributed by atoms with Crippen molar-refractivity contribution in [1.82, 2.24) is 0 Å². The van der Waals surface area contributed by atoms with Crippen LogP contribution in [0.15, 0.2) is 36.5 Å². The second-order valence-corrected chi connectivity index (χ2v) is 4.02. The Morgan fingerprint density at radius 3 is 2.64 bits per heavy atom.